The first-order valence-electron chi connectivity index (χ1n) is 8.47. The predicted molar refractivity (Wildman–Crippen MR) is 98.0 cm³/mol. The van der Waals surface area contributed by atoms with E-state index in [1.165, 1.54) is 4.52 Å². The number of benzene rings is 1. The fourth-order valence-corrected chi connectivity index (χ4v) is 4.82. The Balaban J connectivity index is 2.20. The molecule has 0 radical (unpaired) electrons. The van der Waals surface area contributed by atoms with Crippen LogP contribution in [0.25, 0.3) is 16.6 Å². The number of nitrogens with zero attached hydrogens (tertiary/aromatic N) is 4. The molecule has 2 aromatic heterocycles. The van der Waals surface area contributed by atoms with Crippen molar-refractivity contribution in [3.8, 4) is 0 Å². The van der Waals surface area contributed by atoms with Crippen LogP contribution in [0.4, 0.5) is 0 Å². The predicted octanol–water partition coefficient (Wildman–Crippen LogP) is 3.62. The quantitative estimate of drug-likeness (QED) is 0.654. The molecule has 1 atom stereocenters. The molecular weight excluding hydrogens is 355 g/mol. The lowest BCUT2D eigenvalue weighted by Crippen LogP contribution is -2.14. The zero-order valence-corrected chi connectivity index (χ0v) is 16.3. The second-order valence-corrected chi connectivity index (χ2v) is 8.79. The minimum Gasteiger partial charge on any atom is -0.376 e. The van der Waals surface area contributed by atoms with Gasteiger partial charge in [-0.15, -0.1) is 5.10 Å². The van der Waals surface area contributed by atoms with Crippen molar-refractivity contribution in [3.63, 3.8) is 0 Å². The molecule has 8 nitrogen and oxygen atoms in total. The van der Waals surface area contributed by atoms with Gasteiger partial charge in [0.05, 0.1) is 17.7 Å². The number of aliphatic hydroxyl groups excluding tert-OH is 1. The number of fused-ring (bicyclic) bond motifs is 3. The molecule has 0 aliphatic rings. The molecule has 26 heavy (non-hydrogen) atoms. The molecule has 0 aliphatic heterocycles. The first-order valence-corrected chi connectivity index (χ1v) is 10.1. The summed E-state index contributed by atoms with van der Waals surface area (Å²) in [5, 5.41) is 23.5. The van der Waals surface area contributed by atoms with Crippen molar-refractivity contribution in [2.45, 2.75) is 52.7 Å². The van der Waals surface area contributed by atoms with Gasteiger partial charge in [-0.2, -0.15) is 4.52 Å². The number of rotatable bonds is 6. The van der Waals surface area contributed by atoms with Crippen LogP contribution >= 0.6 is 7.60 Å². The maximum absolute atomic E-state index is 13.3. The van der Waals surface area contributed by atoms with E-state index in [0.29, 0.717) is 11.2 Å². The van der Waals surface area contributed by atoms with Crippen LogP contribution in [-0.4, -0.2) is 37.4 Å². The summed E-state index contributed by atoms with van der Waals surface area (Å²) in [4.78, 5) is 0. The summed E-state index contributed by atoms with van der Waals surface area (Å²) in [6.07, 6.45) is -0.770. The highest BCUT2D eigenvalue weighted by Gasteiger charge is 2.40. The van der Waals surface area contributed by atoms with Gasteiger partial charge in [0, 0.05) is 10.9 Å². The second-order valence-electron chi connectivity index (χ2n) is 6.80. The lowest BCUT2D eigenvalue weighted by atomic mass is 10.1. The van der Waals surface area contributed by atoms with Crippen molar-refractivity contribution < 1.29 is 18.7 Å². The standard InChI is InChI=1S/C17H23N4O4P/c1-10(2)24-26(23,25-11(3)4)17(22)14-9-13-8-12(5)6-7-15(13)21-16(14)18-19-20-21/h6-11,17,22H,1-5H3. The maximum atomic E-state index is 13.3. The Morgan fingerprint density at radius 3 is 2.38 bits per heavy atom. The Hall–Kier alpha value is -1.86. The van der Waals surface area contributed by atoms with Gasteiger partial charge in [-0.05, 0) is 63.2 Å². The summed E-state index contributed by atoms with van der Waals surface area (Å²) in [5.74, 6) is -1.51. The lowest BCUT2D eigenvalue weighted by molar-refractivity contribution is 0.101. The van der Waals surface area contributed by atoms with E-state index in [0.717, 1.165) is 16.5 Å². The minimum atomic E-state index is -3.87. The molecule has 0 spiro atoms. The first-order chi connectivity index (χ1) is 12.2. The van der Waals surface area contributed by atoms with E-state index in [-0.39, 0.29) is 12.2 Å². The highest BCUT2D eigenvalue weighted by Crippen LogP contribution is 2.61. The van der Waals surface area contributed by atoms with Gasteiger partial charge in [0.1, 0.15) is 0 Å². The first kappa shape index (κ1) is 18.9. The SMILES string of the molecule is Cc1ccc2c(c1)cc(C(O)P(=O)(OC(C)C)OC(C)C)c1nnnn12. The van der Waals surface area contributed by atoms with Crippen LogP contribution in [0.1, 0.15) is 44.7 Å². The number of aliphatic hydroxyl groups is 1. The van der Waals surface area contributed by atoms with E-state index in [1.807, 2.05) is 25.1 Å². The summed E-state index contributed by atoms with van der Waals surface area (Å²) < 4.78 is 25.9. The minimum absolute atomic E-state index is 0.303. The van der Waals surface area contributed by atoms with E-state index in [4.69, 9.17) is 9.05 Å². The van der Waals surface area contributed by atoms with Crippen LogP contribution in [0.3, 0.4) is 0 Å². The molecule has 1 N–H and O–H groups in total. The summed E-state index contributed by atoms with van der Waals surface area (Å²) in [6, 6.07) is 7.54. The molecule has 1 aromatic carbocycles. The molecule has 140 valence electrons. The van der Waals surface area contributed by atoms with Crippen LogP contribution in [0, 0.1) is 6.92 Å². The molecule has 0 saturated heterocycles. The monoisotopic (exact) mass is 378 g/mol. The number of hydrogen-bond donors (Lipinski definition) is 1. The highest BCUT2D eigenvalue weighted by molar-refractivity contribution is 7.54. The molecule has 0 amide bonds. The number of aromatic nitrogens is 4. The normalized spacial score (nSPS) is 14.0. The van der Waals surface area contributed by atoms with Crippen LogP contribution in [0.5, 0.6) is 0 Å². The molecule has 1 unspecified atom stereocenters. The zero-order chi connectivity index (χ0) is 19.1. The van der Waals surface area contributed by atoms with Crippen molar-refractivity contribution in [1.82, 2.24) is 20.0 Å². The maximum Gasteiger partial charge on any atom is 0.364 e. The van der Waals surface area contributed by atoms with Gasteiger partial charge >= 0.3 is 7.60 Å². The third-order valence-electron chi connectivity index (χ3n) is 3.74. The Kier molecular flexibility index (Phi) is 5.12. The average Bonchev–Trinajstić information content (AvgIpc) is 3.01. The van der Waals surface area contributed by atoms with Gasteiger partial charge in [-0.25, -0.2) is 0 Å². The van der Waals surface area contributed by atoms with E-state index in [2.05, 4.69) is 15.5 Å². The van der Waals surface area contributed by atoms with Gasteiger partial charge in [0.15, 0.2) is 11.5 Å². The van der Waals surface area contributed by atoms with E-state index >= 15 is 0 Å². The zero-order valence-electron chi connectivity index (χ0n) is 15.4. The molecule has 0 fully saturated rings. The Morgan fingerprint density at radius 1 is 1.12 bits per heavy atom. The smallest absolute Gasteiger partial charge is 0.364 e. The Morgan fingerprint density at radius 2 is 1.77 bits per heavy atom. The molecule has 3 aromatic rings. The third kappa shape index (κ3) is 3.50. The summed E-state index contributed by atoms with van der Waals surface area (Å²) in [7, 11) is -3.87. The van der Waals surface area contributed by atoms with Crippen LogP contribution in [0.15, 0.2) is 24.3 Å². The van der Waals surface area contributed by atoms with Crippen molar-refractivity contribution in [3.05, 3.63) is 35.4 Å². The highest BCUT2D eigenvalue weighted by atomic mass is 31.2. The van der Waals surface area contributed by atoms with Crippen LogP contribution < -0.4 is 0 Å². The number of pyridine rings is 1. The molecule has 0 bridgehead atoms. The molecular formula is C17H23N4O4P. The number of aryl methyl sites for hydroxylation is 1. The molecule has 0 saturated carbocycles. The van der Waals surface area contributed by atoms with Gasteiger partial charge in [-0.3, -0.25) is 4.57 Å². The van der Waals surface area contributed by atoms with Gasteiger partial charge in [-0.1, -0.05) is 11.6 Å². The number of hydrogen-bond acceptors (Lipinski definition) is 7. The topological polar surface area (TPSA) is 98.8 Å². The summed E-state index contributed by atoms with van der Waals surface area (Å²) in [5.41, 5.74) is 2.45. The fourth-order valence-electron chi connectivity index (χ4n) is 2.83. The van der Waals surface area contributed by atoms with Crippen LogP contribution in [0.2, 0.25) is 0 Å². The molecule has 2 heterocycles. The van der Waals surface area contributed by atoms with Crippen molar-refractivity contribution >= 4 is 24.1 Å². The second kappa shape index (κ2) is 7.04. The largest absolute Gasteiger partial charge is 0.376 e. The summed E-state index contributed by atoms with van der Waals surface area (Å²) in [6.45, 7) is 8.91. The Bertz CT molecular complexity index is 971. The molecule has 9 heteroatoms. The third-order valence-corrected chi connectivity index (χ3v) is 6.05. The van der Waals surface area contributed by atoms with Gasteiger partial charge in [0.25, 0.3) is 0 Å². The van der Waals surface area contributed by atoms with Crippen LogP contribution in [-0.2, 0) is 13.6 Å². The van der Waals surface area contributed by atoms with Crippen molar-refractivity contribution in [2.75, 3.05) is 0 Å². The van der Waals surface area contributed by atoms with Gasteiger partial charge in [0.2, 0.25) is 0 Å². The van der Waals surface area contributed by atoms with Gasteiger partial charge < -0.3 is 14.2 Å². The lowest BCUT2D eigenvalue weighted by Gasteiger charge is -2.27. The van der Waals surface area contributed by atoms with Crippen molar-refractivity contribution in [1.29, 1.82) is 0 Å². The number of tetrazole rings is 1. The Labute approximate surface area is 151 Å². The average molecular weight is 378 g/mol. The molecule has 0 aliphatic carbocycles. The van der Waals surface area contributed by atoms with E-state index < -0.39 is 13.4 Å². The summed E-state index contributed by atoms with van der Waals surface area (Å²) >= 11 is 0. The van der Waals surface area contributed by atoms with E-state index in [9.17, 15) is 9.67 Å². The van der Waals surface area contributed by atoms with Crippen molar-refractivity contribution in [2.24, 2.45) is 0 Å². The molecule has 3 rings (SSSR count). The van der Waals surface area contributed by atoms with E-state index in [1.54, 1.807) is 33.8 Å². The fraction of sp³-hybridized carbons (Fsp3) is 0.471.